The summed E-state index contributed by atoms with van der Waals surface area (Å²) in [5.74, 6) is 0.772. The Bertz CT molecular complexity index is 1190. The highest BCUT2D eigenvalue weighted by Crippen LogP contribution is 2.31. The molecular weight excluding hydrogens is 428 g/mol. The van der Waals surface area contributed by atoms with Gasteiger partial charge in [-0.2, -0.15) is 0 Å². The second kappa shape index (κ2) is 9.21. The van der Waals surface area contributed by atoms with Gasteiger partial charge in [0.2, 0.25) is 0 Å². The van der Waals surface area contributed by atoms with Gasteiger partial charge in [0.25, 0.3) is 5.91 Å². The fourth-order valence-corrected chi connectivity index (χ4v) is 5.55. The molecule has 4 aromatic rings. The minimum atomic E-state index is -0.172. The SMILES string of the molecule is O=C(NCCN1CCc2sccc2C1)c1oc2ccccc2c1CSc1ncccn1. The van der Waals surface area contributed by atoms with Gasteiger partial charge in [0, 0.05) is 60.2 Å². The van der Waals surface area contributed by atoms with Gasteiger partial charge in [-0.25, -0.2) is 9.97 Å². The largest absolute Gasteiger partial charge is 0.451 e. The maximum Gasteiger partial charge on any atom is 0.287 e. The Labute approximate surface area is 188 Å². The maximum atomic E-state index is 13.0. The number of aromatic nitrogens is 2. The number of fused-ring (bicyclic) bond motifs is 2. The van der Waals surface area contributed by atoms with Gasteiger partial charge in [0.05, 0.1) is 0 Å². The highest BCUT2D eigenvalue weighted by Gasteiger charge is 2.22. The lowest BCUT2D eigenvalue weighted by atomic mass is 10.1. The zero-order valence-electron chi connectivity index (χ0n) is 16.9. The van der Waals surface area contributed by atoms with Crippen LogP contribution in [0.1, 0.15) is 26.6 Å². The second-order valence-corrected chi connectivity index (χ2v) is 9.32. The molecule has 0 saturated heterocycles. The van der Waals surface area contributed by atoms with Gasteiger partial charge >= 0.3 is 0 Å². The van der Waals surface area contributed by atoms with E-state index in [2.05, 4.69) is 31.6 Å². The standard InChI is InChI=1S/C23H22N4O2S2/c28-22(24-10-12-27-11-6-20-16(14-27)7-13-30-20)21-18(15-31-23-25-8-3-9-26-23)17-4-1-2-5-19(17)29-21/h1-5,7-9,13H,6,10-12,14-15H2,(H,24,28). The van der Waals surface area contributed by atoms with Crippen molar-refractivity contribution in [1.29, 1.82) is 0 Å². The summed E-state index contributed by atoms with van der Waals surface area (Å²) in [7, 11) is 0. The van der Waals surface area contributed by atoms with E-state index in [1.165, 1.54) is 22.2 Å². The molecule has 0 atom stereocenters. The highest BCUT2D eigenvalue weighted by molar-refractivity contribution is 7.98. The lowest BCUT2D eigenvalue weighted by Gasteiger charge is -2.26. The highest BCUT2D eigenvalue weighted by atomic mass is 32.2. The van der Waals surface area contributed by atoms with Crippen LogP contribution < -0.4 is 5.32 Å². The number of thiophene rings is 1. The van der Waals surface area contributed by atoms with Crippen molar-refractivity contribution in [2.45, 2.75) is 23.9 Å². The lowest BCUT2D eigenvalue weighted by Crippen LogP contribution is -2.37. The van der Waals surface area contributed by atoms with E-state index in [0.717, 1.165) is 42.6 Å². The number of benzene rings is 1. The van der Waals surface area contributed by atoms with Crippen molar-refractivity contribution in [1.82, 2.24) is 20.2 Å². The molecule has 4 heterocycles. The first kappa shape index (κ1) is 20.2. The number of carbonyl (C=O) groups excluding carboxylic acids is 1. The van der Waals surface area contributed by atoms with Gasteiger partial charge in [-0.05, 0) is 35.6 Å². The summed E-state index contributed by atoms with van der Waals surface area (Å²) in [6, 6.07) is 11.8. The van der Waals surface area contributed by atoms with Crippen LogP contribution in [0, 0.1) is 0 Å². The number of nitrogens with zero attached hydrogens (tertiary/aromatic N) is 3. The van der Waals surface area contributed by atoms with E-state index in [4.69, 9.17) is 4.42 Å². The predicted octanol–water partition coefficient (Wildman–Crippen LogP) is 4.36. The molecule has 1 aliphatic rings. The molecule has 0 unspecified atom stereocenters. The van der Waals surface area contributed by atoms with Gasteiger partial charge in [-0.1, -0.05) is 30.0 Å². The van der Waals surface area contributed by atoms with Crippen molar-refractivity contribution in [3.05, 3.63) is 75.9 Å². The van der Waals surface area contributed by atoms with Gasteiger partial charge in [-0.3, -0.25) is 9.69 Å². The molecule has 3 aromatic heterocycles. The molecule has 0 radical (unpaired) electrons. The summed E-state index contributed by atoms with van der Waals surface area (Å²) < 4.78 is 5.95. The normalized spacial score (nSPS) is 13.9. The fraction of sp³-hybridized carbons (Fsp3) is 0.261. The number of amides is 1. The molecule has 1 N–H and O–H groups in total. The van der Waals surface area contributed by atoms with Crippen LogP contribution in [-0.2, 0) is 18.7 Å². The molecule has 1 aromatic carbocycles. The summed E-state index contributed by atoms with van der Waals surface area (Å²) in [5.41, 5.74) is 3.02. The Morgan fingerprint density at radius 2 is 2.06 bits per heavy atom. The third kappa shape index (κ3) is 4.51. The Hall–Kier alpha value is -2.68. The minimum absolute atomic E-state index is 0.172. The van der Waals surface area contributed by atoms with Gasteiger partial charge in [0.1, 0.15) is 5.58 Å². The molecule has 0 bridgehead atoms. The zero-order valence-corrected chi connectivity index (χ0v) is 18.5. The van der Waals surface area contributed by atoms with E-state index in [9.17, 15) is 4.79 Å². The third-order valence-corrected chi connectivity index (χ3v) is 7.32. The molecule has 0 saturated carbocycles. The molecule has 0 fully saturated rings. The van der Waals surface area contributed by atoms with Gasteiger partial charge < -0.3 is 9.73 Å². The van der Waals surface area contributed by atoms with Crippen LogP contribution >= 0.6 is 23.1 Å². The number of hydrogen-bond acceptors (Lipinski definition) is 7. The molecule has 6 nitrogen and oxygen atoms in total. The van der Waals surface area contributed by atoms with Crippen molar-refractivity contribution in [3.8, 4) is 0 Å². The molecule has 0 aliphatic carbocycles. The lowest BCUT2D eigenvalue weighted by molar-refractivity contribution is 0.0921. The average molecular weight is 451 g/mol. The van der Waals surface area contributed by atoms with E-state index in [-0.39, 0.29) is 5.91 Å². The van der Waals surface area contributed by atoms with Crippen molar-refractivity contribution in [2.75, 3.05) is 19.6 Å². The van der Waals surface area contributed by atoms with Crippen LogP contribution in [-0.4, -0.2) is 40.4 Å². The van der Waals surface area contributed by atoms with Crippen LogP contribution in [0.2, 0.25) is 0 Å². The first-order chi connectivity index (χ1) is 15.3. The van der Waals surface area contributed by atoms with E-state index >= 15 is 0 Å². The van der Waals surface area contributed by atoms with E-state index < -0.39 is 0 Å². The molecular formula is C23H22N4O2S2. The Balaban J connectivity index is 1.26. The molecule has 0 spiro atoms. The van der Waals surface area contributed by atoms with Crippen LogP contribution in [0.4, 0.5) is 0 Å². The average Bonchev–Trinajstić information content (AvgIpc) is 3.42. The summed E-state index contributed by atoms with van der Waals surface area (Å²) >= 11 is 3.34. The first-order valence-corrected chi connectivity index (χ1v) is 12.1. The van der Waals surface area contributed by atoms with Crippen LogP contribution in [0.15, 0.2) is 63.7 Å². The Kier molecular flexibility index (Phi) is 6.01. The van der Waals surface area contributed by atoms with Crippen LogP contribution in [0.25, 0.3) is 11.0 Å². The van der Waals surface area contributed by atoms with Crippen LogP contribution in [0.5, 0.6) is 0 Å². The summed E-state index contributed by atoms with van der Waals surface area (Å²) in [4.78, 5) is 25.4. The number of carbonyl (C=O) groups is 1. The number of rotatable bonds is 7. The molecule has 5 rings (SSSR count). The second-order valence-electron chi connectivity index (χ2n) is 7.38. The topological polar surface area (TPSA) is 71.3 Å². The van der Waals surface area contributed by atoms with Crippen molar-refractivity contribution in [3.63, 3.8) is 0 Å². The van der Waals surface area contributed by atoms with E-state index in [1.54, 1.807) is 18.5 Å². The van der Waals surface area contributed by atoms with Crippen molar-refractivity contribution < 1.29 is 9.21 Å². The first-order valence-electron chi connectivity index (χ1n) is 10.2. The third-order valence-electron chi connectivity index (χ3n) is 5.39. The Morgan fingerprint density at radius 1 is 1.19 bits per heavy atom. The molecule has 31 heavy (non-hydrogen) atoms. The van der Waals surface area contributed by atoms with Crippen molar-refractivity contribution >= 4 is 40.0 Å². The summed E-state index contributed by atoms with van der Waals surface area (Å²) in [6.07, 6.45) is 4.53. The quantitative estimate of drug-likeness (QED) is 0.333. The summed E-state index contributed by atoms with van der Waals surface area (Å²) in [6.45, 7) is 3.40. The number of para-hydroxylation sites is 1. The van der Waals surface area contributed by atoms with Crippen molar-refractivity contribution in [2.24, 2.45) is 0 Å². The smallest absolute Gasteiger partial charge is 0.287 e. The number of hydrogen-bond donors (Lipinski definition) is 1. The molecule has 158 valence electrons. The molecule has 1 amide bonds. The van der Waals surface area contributed by atoms with E-state index in [0.29, 0.717) is 23.2 Å². The van der Waals surface area contributed by atoms with Gasteiger partial charge in [0.15, 0.2) is 10.9 Å². The minimum Gasteiger partial charge on any atom is -0.451 e. The van der Waals surface area contributed by atoms with Gasteiger partial charge in [-0.15, -0.1) is 11.3 Å². The predicted molar refractivity (Wildman–Crippen MR) is 123 cm³/mol. The summed E-state index contributed by atoms with van der Waals surface area (Å²) in [5, 5.41) is 6.85. The maximum absolute atomic E-state index is 13.0. The number of thioether (sulfide) groups is 1. The molecule has 1 aliphatic heterocycles. The monoisotopic (exact) mass is 450 g/mol. The van der Waals surface area contributed by atoms with E-state index in [1.807, 2.05) is 35.6 Å². The number of furan rings is 1. The van der Waals surface area contributed by atoms with Crippen LogP contribution in [0.3, 0.4) is 0 Å². The zero-order chi connectivity index (χ0) is 21.0. The fourth-order valence-electron chi connectivity index (χ4n) is 3.83. The number of nitrogens with one attached hydrogen (secondary N) is 1. The molecule has 8 heteroatoms. The Morgan fingerprint density at radius 3 is 2.97 bits per heavy atom.